The van der Waals surface area contributed by atoms with E-state index in [0.717, 1.165) is 11.5 Å². The molecule has 2 aliphatic heterocycles. The van der Waals surface area contributed by atoms with Gasteiger partial charge in [-0.15, -0.1) is 0 Å². The van der Waals surface area contributed by atoms with Gasteiger partial charge < -0.3 is 10.2 Å². The molecule has 92 valence electrons. The van der Waals surface area contributed by atoms with Crippen molar-refractivity contribution in [3.05, 3.63) is 0 Å². The first kappa shape index (κ1) is 11.0. The van der Waals surface area contributed by atoms with Crippen molar-refractivity contribution in [3.63, 3.8) is 0 Å². The quantitative estimate of drug-likeness (QED) is 0.772. The molecule has 0 aromatic carbocycles. The number of nitrogens with one attached hydrogen (secondary N) is 1. The van der Waals surface area contributed by atoms with Crippen molar-refractivity contribution in [1.82, 2.24) is 10.2 Å². The number of hydrogen-bond acceptors (Lipinski definition) is 2. The Hall–Kier alpha value is -0.0800. The van der Waals surface area contributed by atoms with E-state index in [1.165, 1.54) is 77.5 Å². The monoisotopic (exact) mass is 222 g/mol. The first-order valence-corrected chi connectivity index (χ1v) is 7.32. The minimum atomic E-state index is 0.791. The van der Waals surface area contributed by atoms with Gasteiger partial charge in [0.15, 0.2) is 0 Å². The molecule has 0 aromatic heterocycles. The van der Waals surface area contributed by atoms with Crippen LogP contribution >= 0.6 is 0 Å². The Labute approximate surface area is 99.8 Å². The number of likely N-dealkylation sites (tertiary alicyclic amines) is 1. The molecule has 2 nitrogen and oxygen atoms in total. The van der Waals surface area contributed by atoms with Crippen molar-refractivity contribution < 1.29 is 0 Å². The maximum atomic E-state index is 3.62. The van der Waals surface area contributed by atoms with Crippen LogP contribution in [0.15, 0.2) is 0 Å². The molecule has 1 spiro atoms. The van der Waals surface area contributed by atoms with Crippen LogP contribution in [-0.4, -0.2) is 37.1 Å². The average Bonchev–Trinajstić information content (AvgIpc) is 2.94. The van der Waals surface area contributed by atoms with Crippen molar-refractivity contribution >= 4 is 0 Å². The summed E-state index contributed by atoms with van der Waals surface area (Å²) in [5, 5.41) is 3.62. The number of hydrogen-bond donors (Lipinski definition) is 1. The molecule has 1 aliphatic carbocycles. The van der Waals surface area contributed by atoms with Crippen molar-refractivity contribution in [2.24, 2.45) is 5.41 Å². The third kappa shape index (κ3) is 2.28. The smallest absolute Gasteiger partial charge is 0.0195 e. The molecule has 16 heavy (non-hydrogen) atoms. The second kappa shape index (κ2) is 4.66. The molecule has 2 heterocycles. The van der Waals surface area contributed by atoms with Gasteiger partial charge >= 0.3 is 0 Å². The van der Waals surface area contributed by atoms with E-state index in [0.29, 0.717) is 0 Å². The molecule has 0 aromatic rings. The van der Waals surface area contributed by atoms with Gasteiger partial charge in [-0.05, 0) is 63.6 Å². The number of rotatable bonds is 2. The van der Waals surface area contributed by atoms with Crippen LogP contribution < -0.4 is 5.32 Å². The predicted molar refractivity (Wildman–Crippen MR) is 67.6 cm³/mol. The molecule has 1 saturated carbocycles. The van der Waals surface area contributed by atoms with Crippen molar-refractivity contribution in [3.8, 4) is 0 Å². The van der Waals surface area contributed by atoms with Crippen LogP contribution in [0.2, 0.25) is 0 Å². The van der Waals surface area contributed by atoms with E-state index >= 15 is 0 Å². The van der Waals surface area contributed by atoms with E-state index < -0.39 is 0 Å². The molecular weight excluding hydrogens is 196 g/mol. The van der Waals surface area contributed by atoms with Crippen LogP contribution in [0.25, 0.3) is 0 Å². The first-order valence-electron chi connectivity index (χ1n) is 7.32. The summed E-state index contributed by atoms with van der Waals surface area (Å²) in [5.74, 6) is 0. The summed E-state index contributed by atoms with van der Waals surface area (Å²) in [7, 11) is 0. The van der Waals surface area contributed by atoms with Gasteiger partial charge in [-0.3, -0.25) is 0 Å². The van der Waals surface area contributed by atoms with Gasteiger partial charge in [-0.1, -0.05) is 12.8 Å². The largest absolute Gasteiger partial charge is 0.313 e. The zero-order chi connectivity index (χ0) is 10.8. The van der Waals surface area contributed by atoms with Gasteiger partial charge in [0.1, 0.15) is 0 Å². The van der Waals surface area contributed by atoms with Gasteiger partial charge in [-0.25, -0.2) is 0 Å². The molecule has 3 aliphatic rings. The van der Waals surface area contributed by atoms with Gasteiger partial charge in [0.05, 0.1) is 0 Å². The van der Waals surface area contributed by atoms with E-state index in [1.807, 2.05) is 0 Å². The first-order chi connectivity index (χ1) is 7.86. The van der Waals surface area contributed by atoms with Gasteiger partial charge in [-0.2, -0.15) is 0 Å². The third-order valence-electron chi connectivity index (χ3n) is 5.22. The molecule has 3 rings (SSSR count). The SMILES string of the molecule is C1CN[C@@H](CN2CCC3(CCCC3)CC2)C1. The van der Waals surface area contributed by atoms with Crippen LogP contribution in [0.5, 0.6) is 0 Å². The highest BCUT2D eigenvalue weighted by Gasteiger charge is 2.37. The van der Waals surface area contributed by atoms with Crippen LogP contribution in [0, 0.1) is 5.41 Å². The molecule has 3 fully saturated rings. The Bertz CT molecular complexity index is 217. The highest BCUT2D eigenvalue weighted by Crippen LogP contribution is 2.46. The molecule has 0 bridgehead atoms. The second-order valence-electron chi connectivity index (χ2n) is 6.30. The zero-order valence-electron chi connectivity index (χ0n) is 10.5. The summed E-state index contributed by atoms with van der Waals surface area (Å²) in [6.07, 6.45) is 11.8. The van der Waals surface area contributed by atoms with E-state index in [2.05, 4.69) is 10.2 Å². The lowest BCUT2D eigenvalue weighted by Crippen LogP contribution is -2.44. The lowest BCUT2D eigenvalue weighted by Gasteiger charge is -2.40. The molecule has 0 radical (unpaired) electrons. The Balaban J connectivity index is 1.46. The number of piperidine rings is 1. The summed E-state index contributed by atoms with van der Waals surface area (Å²) in [4.78, 5) is 2.71. The Morgan fingerprint density at radius 2 is 1.75 bits per heavy atom. The standard InChI is InChI=1S/C14H26N2/c1-2-6-14(5-1)7-10-16(11-8-14)12-13-4-3-9-15-13/h13,15H,1-12H2/t13-/m1/s1. The minimum Gasteiger partial charge on any atom is -0.313 e. The molecule has 1 atom stereocenters. The normalized spacial score (nSPS) is 34.9. The van der Waals surface area contributed by atoms with Crippen molar-refractivity contribution in [1.29, 1.82) is 0 Å². The Kier molecular flexibility index (Phi) is 3.21. The van der Waals surface area contributed by atoms with Crippen LogP contribution in [0.1, 0.15) is 51.4 Å². The van der Waals surface area contributed by atoms with E-state index in [9.17, 15) is 0 Å². The Morgan fingerprint density at radius 3 is 2.38 bits per heavy atom. The van der Waals surface area contributed by atoms with E-state index in [4.69, 9.17) is 0 Å². The van der Waals surface area contributed by atoms with Gasteiger partial charge in [0.25, 0.3) is 0 Å². The van der Waals surface area contributed by atoms with Gasteiger partial charge in [0.2, 0.25) is 0 Å². The molecule has 0 amide bonds. The highest BCUT2D eigenvalue weighted by molar-refractivity contribution is 4.90. The van der Waals surface area contributed by atoms with E-state index in [1.54, 1.807) is 0 Å². The third-order valence-corrected chi connectivity index (χ3v) is 5.22. The zero-order valence-corrected chi connectivity index (χ0v) is 10.5. The lowest BCUT2D eigenvalue weighted by atomic mass is 9.77. The molecule has 2 saturated heterocycles. The summed E-state index contributed by atoms with van der Waals surface area (Å²) in [6.45, 7) is 5.31. The van der Waals surface area contributed by atoms with Crippen molar-refractivity contribution in [2.75, 3.05) is 26.2 Å². The fourth-order valence-electron chi connectivity index (χ4n) is 4.06. The second-order valence-corrected chi connectivity index (χ2v) is 6.30. The lowest BCUT2D eigenvalue weighted by molar-refractivity contribution is 0.102. The average molecular weight is 222 g/mol. The fourth-order valence-corrected chi connectivity index (χ4v) is 4.06. The Morgan fingerprint density at radius 1 is 1.00 bits per heavy atom. The molecule has 1 N–H and O–H groups in total. The molecular formula is C14H26N2. The van der Waals surface area contributed by atoms with Crippen molar-refractivity contribution in [2.45, 2.75) is 57.4 Å². The molecule has 0 unspecified atom stereocenters. The van der Waals surface area contributed by atoms with Crippen LogP contribution in [-0.2, 0) is 0 Å². The summed E-state index contributed by atoms with van der Waals surface area (Å²) < 4.78 is 0. The fraction of sp³-hybridized carbons (Fsp3) is 1.00. The van der Waals surface area contributed by atoms with Gasteiger partial charge in [0, 0.05) is 12.6 Å². The van der Waals surface area contributed by atoms with Crippen LogP contribution in [0.4, 0.5) is 0 Å². The van der Waals surface area contributed by atoms with E-state index in [-0.39, 0.29) is 0 Å². The predicted octanol–water partition coefficient (Wildman–Crippen LogP) is 2.39. The highest BCUT2D eigenvalue weighted by atomic mass is 15.2. The summed E-state index contributed by atoms with van der Waals surface area (Å²) in [5.41, 5.74) is 0.791. The molecule has 2 heteroatoms. The minimum absolute atomic E-state index is 0.791. The summed E-state index contributed by atoms with van der Waals surface area (Å²) >= 11 is 0. The number of nitrogens with zero attached hydrogens (tertiary/aromatic N) is 1. The topological polar surface area (TPSA) is 15.3 Å². The van der Waals surface area contributed by atoms with Crippen LogP contribution in [0.3, 0.4) is 0 Å². The summed E-state index contributed by atoms with van der Waals surface area (Å²) in [6, 6.07) is 0.803. The maximum absolute atomic E-state index is 3.62. The maximum Gasteiger partial charge on any atom is 0.0195 e.